The maximum absolute atomic E-state index is 11.7. The zero-order valence-corrected chi connectivity index (χ0v) is 11.2. The molecule has 7 nitrogen and oxygen atoms in total. The van der Waals surface area contributed by atoms with Gasteiger partial charge in [0.05, 0.1) is 6.54 Å². The zero-order chi connectivity index (χ0) is 14.2. The molecule has 0 fully saturated rings. The van der Waals surface area contributed by atoms with E-state index >= 15 is 0 Å². The number of amides is 1. The summed E-state index contributed by atoms with van der Waals surface area (Å²) in [5.74, 6) is 0.774. The zero-order valence-electron chi connectivity index (χ0n) is 11.2. The van der Waals surface area contributed by atoms with Gasteiger partial charge in [0, 0.05) is 25.9 Å². The molecular formula is C13H16N4O3. The number of nitrogens with one attached hydrogen (secondary N) is 1. The number of methoxy groups -OCH3 is 1. The molecule has 0 atom stereocenters. The van der Waals surface area contributed by atoms with Gasteiger partial charge >= 0.3 is 0 Å². The topological polar surface area (TPSA) is 90.1 Å². The first kappa shape index (κ1) is 14.1. The van der Waals surface area contributed by atoms with E-state index in [0.29, 0.717) is 31.2 Å². The molecule has 0 radical (unpaired) electrons. The van der Waals surface area contributed by atoms with Crippen molar-refractivity contribution in [3.8, 4) is 0 Å². The van der Waals surface area contributed by atoms with Crippen LogP contribution in [0.15, 0.2) is 29.0 Å². The Kier molecular flexibility index (Phi) is 5.19. The first-order chi connectivity index (χ1) is 9.78. The molecule has 7 heteroatoms. The van der Waals surface area contributed by atoms with E-state index in [1.54, 1.807) is 19.5 Å². The van der Waals surface area contributed by atoms with Gasteiger partial charge in [-0.3, -0.25) is 9.78 Å². The Balaban J connectivity index is 1.71. The molecule has 0 aliphatic rings. The van der Waals surface area contributed by atoms with E-state index in [9.17, 15) is 4.79 Å². The molecule has 0 spiro atoms. The maximum atomic E-state index is 11.7. The van der Waals surface area contributed by atoms with Crippen LogP contribution >= 0.6 is 0 Å². The van der Waals surface area contributed by atoms with Gasteiger partial charge in [0.15, 0.2) is 5.82 Å². The summed E-state index contributed by atoms with van der Waals surface area (Å²) < 4.78 is 9.84. The number of hydrogen-bond donors (Lipinski definition) is 1. The van der Waals surface area contributed by atoms with Crippen LogP contribution in [0.5, 0.6) is 0 Å². The van der Waals surface area contributed by atoms with E-state index in [1.165, 1.54) is 0 Å². The summed E-state index contributed by atoms with van der Waals surface area (Å²) in [5, 5.41) is 6.44. The molecule has 20 heavy (non-hydrogen) atoms. The Bertz CT molecular complexity index is 542. The highest BCUT2D eigenvalue weighted by atomic mass is 16.5. The third-order valence-electron chi connectivity index (χ3n) is 2.61. The van der Waals surface area contributed by atoms with Gasteiger partial charge in [-0.15, -0.1) is 0 Å². The number of aryl methyl sites for hydroxylation is 1. The molecule has 106 valence electrons. The van der Waals surface area contributed by atoms with Crippen LogP contribution in [-0.2, 0) is 29.1 Å². The van der Waals surface area contributed by atoms with Crippen LogP contribution in [0.3, 0.4) is 0 Å². The van der Waals surface area contributed by atoms with Crippen LogP contribution in [0, 0.1) is 0 Å². The lowest BCUT2D eigenvalue weighted by Gasteiger charge is -2.02. The summed E-state index contributed by atoms with van der Waals surface area (Å²) in [7, 11) is 1.55. The second-order valence-corrected chi connectivity index (χ2v) is 4.17. The molecule has 0 aliphatic carbocycles. The molecule has 0 bridgehead atoms. The van der Waals surface area contributed by atoms with Crippen molar-refractivity contribution in [2.45, 2.75) is 26.0 Å². The van der Waals surface area contributed by atoms with Gasteiger partial charge in [-0.1, -0.05) is 5.16 Å². The second kappa shape index (κ2) is 7.34. The summed E-state index contributed by atoms with van der Waals surface area (Å²) in [6.45, 7) is 0.519. The fraction of sp³-hybridized carbons (Fsp3) is 0.385. The predicted octanol–water partition coefficient (Wildman–Crippen LogP) is 0.860. The van der Waals surface area contributed by atoms with Crippen LogP contribution in [0.2, 0.25) is 0 Å². The highest BCUT2D eigenvalue weighted by Crippen LogP contribution is 2.02. The average Bonchev–Trinajstić information content (AvgIpc) is 2.92. The predicted molar refractivity (Wildman–Crippen MR) is 69.4 cm³/mol. The molecule has 2 heterocycles. The van der Waals surface area contributed by atoms with Gasteiger partial charge in [0.25, 0.3) is 0 Å². The molecule has 2 rings (SSSR count). The average molecular weight is 276 g/mol. The molecule has 0 saturated heterocycles. The van der Waals surface area contributed by atoms with Gasteiger partial charge in [0.2, 0.25) is 11.8 Å². The van der Waals surface area contributed by atoms with Crippen LogP contribution in [-0.4, -0.2) is 28.1 Å². The molecule has 0 aliphatic heterocycles. The SMILES string of the molecule is COCc1noc(CNC(=O)CCc2ccncc2)n1. The molecule has 1 N–H and O–H groups in total. The highest BCUT2D eigenvalue weighted by Gasteiger charge is 2.08. The van der Waals surface area contributed by atoms with Gasteiger partial charge < -0.3 is 14.6 Å². The molecular weight excluding hydrogens is 260 g/mol. The van der Waals surface area contributed by atoms with Crippen LogP contribution < -0.4 is 5.32 Å². The fourth-order valence-electron chi connectivity index (χ4n) is 1.62. The Morgan fingerprint density at radius 2 is 2.20 bits per heavy atom. The minimum Gasteiger partial charge on any atom is -0.377 e. The lowest BCUT2D eigenvalue weighted by atomic mass is 10.1. The number of nitrogens with zero attached hydrogens (tertiary/aromatic N) is 3. The summed E-state index contributed by atoms with van der Waals surface area (Å²) >= 11 is 0. The third-order valence-corrected chi connectivity index (χ3v) is 2.61. The lowest BCUT2D eigenvalue weighted by Crippen LogP contribution is -2.23. The van der Waals surface area contributed by atoms with Crippen molar-refractivity contribution >= 4 is 5.91 Å². The van der Waals surface area contributed by atoms with Crippen molar-refractivity contribution in [1.29, 1.82) is 0 Å². The van der Waals surface area contributed by atoms with E-state index in [1.807, 2.05) is 12.1 Å². The van der Waals surface area contributed by atoms with Crippen molar-refractivity contribution in [2.75, 3.05) is 7.11 Å². The van der Waals surface area contributed by atoms with Gasteiger partial charge in [0.1, 0.15) is 6.61 Å². The standard InChI is InChI=1S/C13H16N4O3/c1-19-9-11-16-13(20-17-11)8-15-12(18)3-2-10-4-6-14-7-5-10/h4-7H,2-3,8-9H2,1H3,(H,15,18). The molecule has 0 saturated carbocycles. The highest BCUT2D eigenvalue weighted by molar-refractivity contribution is 5.76. The summed E-state index contributed by atoms with van der Waals surface area (Å²) in [6, 6.07) is 3.78. The van der Waals surface area contributed by atoms with Gasteiger partial charge in [-0.2, -0.15) is 4.98 Å². The molecule has 1 amide bonds. The number of rotatable bonds is 7. The van der Waals surface area contributed by atoms with E-state index in [4.69, 9.17) is 9.26 Å². The van der Waals surface area contributed by atoms with E-state index in [0.717, 1.165) is 5.56 Å². The van der Waals surface area contributed by atoms with E-state index in [2.05, 4.69) is 20.4 Å². The number of carbonyl (C=O) groups excluding carboxylic acids is 1. The number of pyridine rings is 1. The summed E-state index contributed by atoms with van der Waals surface area (Å²) in [5.41, 5.74) is 1.08. The Morgan fingerprint density at radius 3 is 2.95 bits per heavy atom. The third kappa shape index (κ3) is 4.43. The molecule has 2 aromatic heterocycles. The number of aromatic nitrogens is 3. The summed E-state index contributed by atoms with van der Waals surface area (Å²) in [4.78, 5) is 19.7. The van der Waals surface area contributed by atoms with Gasteiger partial charge in [-0.25, -0.2) is 0 Å². The Labute approximate surface area is 116 Å². The van der Waals surface area contributed by atoms with Crippen LogP contribution in [0.25, 0.3) is 0 Å². The number of hydrogen-bond acceptors (Lipinski definition) is 6. The normalized spacial score (nSPS) is 10.4. The van der Waals surface area contributed by atoms with Crippen molar-refractivity contribution in [3.63, 3.8) is 0 Å². The first-order valence-corrected chi connectivity index (χ1v) is 6.24. The monoisotopic (exact) mass is 276 g/mol. The van der Waals surface area contributed by atoms with Crippen molar-refractivity contribution in [1.82, 2.24) is 20.4 Å². The van der Waals surface area contributed by atoms with Crippen LogP contribution in [0.1, 0.15) is 23.7 Å². The van der Waals surface area contributed by atoms with Crippen LogP contribution in [0.4, 0.5) is 0 Å². The maximum Gasteiger partial charge on any atom is 0.246 e. The summed E-state index contributed by atoms with van der Waals surface area (Å²) in [6.07, 6.45) is 4.50. The largest absolute Gasteiger partial charge is 0.377 e. The smallest absolute Gasteiger partial charge is 0.246 e. The number of carbonyl (C=O) groups is 1. The van der Waals surface area contributed by atoms with E-state index < -0.39 is 0 Å². The van der Waals surface area contributed by atoms with E-state index in [-0.39, 0.29) is 12.5 Å². The van der Waals surface area contributed by atoms with Gasteiger partial charge in [-0.05, 0) is 24.1 Å². The quantitative estimate of drug-likeness (QED) is 0.806. The Morgan fingerprint density at radius 1 is 1.40 bits per heavy atom. The molecule has 2 aromatic rings. The Hall–Kier alpha value is -2.28. The fourth-order valence-corrected chi connectivity index (χ4v) is 1.62. The van der Waals surface area contributed by atoms with Crippen molar-refractivity contribution in [3.05, 3.63) is 41.8 Å². The molecule has 0 aromatic carbocycles. The lowest BCUT2D eigenvalue weighted by molar-refractivity contribution is -0.121. The second-order valence-electron chi connectivity index (χ2n) is 4.17. The first-order valence-electron chi connectivity index (χ1n) is 6.24. The molecule has 0 unspecified atom stereocenters. The minimum atomic E-state index is -0.0618. The van der Waals surface area contributed by atoms with Crippen molar-refractivity contribution < 1.29 is 14.1 Å². The number of ether oxygens (including phenoxy) is 1. The minimum absolute atomic E-state index is 0.0618. The van der Waals surface area contributed by atoms with Crippen molar-refractivity contribution in [2.24, 2.45) is 0 Å².